The minimum atomic E-state index is -1.24. The normalized spacial score (nSPS) is 24.5. The molecule has 0 aromatic carbocycles. The van der Waals surface area contributed by atoms with E-state index in [1.54, 1.807) is 6.92 Å². The van der Waals surface area contributed by atoms with E-state index in [9.17, 15) is 43.2 Å². The van der Waals surface area contributed by atoms with Gasteiger partial charge in [-0.1, -0.05) is 89.0 Å². The fraction of sp³-hybridized carbons (Fsp3) is 0.750. The lowest BCUT2D eigenvalue weighted by atomic mass is 9.62. The molecule has 3 fully saturated rings. The molecule has 476 valence electrons. The van der Waals surface area contributed by atoms with E-state index in [1.807, 2.05) is 20.8 Å². The molecule has 0 saturated heterocycles. The van der Waals surface area contributed by atoms with Crippen LogP contribution in [0.15, 0.2) is 36.5 Å². The van der Waals surface area contributed by atoms with Crippen LogP contribution in [0.4, 0.5) is 28.8 Å². The first-order chi connectivity index (χ1) is 38.9. The van der Waals surface area contributed by atoms with E-state index in [4.69, 9.17) is 42.6 Å². The van der Waals surface area contributed by atoms with Gasteiger partial charge >= 0.3 is 54.5 Å². The molecule has 3 aliphatic rings. The topological polar surface area (TPSA) is 309 Å². The quantitative estimate of drug-likeness (QED) is 0.0184. The molecule has 6 atom stereocenters. The van der Waals surface area contributed by atoms with Crippen molar-refractivity contribution in [2.24, 2.45) is 37.9 Å². The SMILES string of the molecule is C=C(C)C(=O)OCCOC(=O)NCC1(C)CC(NC(=O)OCC(CC)(COC(=O)NC2CC(C)(C)CC(C)(CNC(=O)OCCOC(=O)C(=C)C)C2)COC(=O)NC2CC(C)(C)CC(C)(CNC(=O)OCCOC(=O)C(=C)C)C2)CC(C)(C)C1. The van der Waals surface area contributed by atoms with Crippen LogP contribution in [-0.2, 0) is 57.0 Å². The molecular formula is C60H98N6O18. The van der Waals surface area contributed by atoms with Gasteiger partial charge in [-0.25, -0.2) is 43.2 Å². The third-order valence-electron chi connectivity index (χ3n) is 15.2. The van der Waals surface area contributed by atoms with Gasteiger partial charge in [0.15, 0.2) is 0 Å². The van der Waals surface area contributed by atoms with Crippen LogP contribution in [0.5, 0.6) is 0 Å². The zero-order valence-corrected chi connectivity index (χ0v) is 52.3. The second-order valence-electron chi connectivity index (χ2n) is 27.0. The van der Waals surface area contributed by atoms with E-state index in [1.165, 1.54) is 20.8 Å². The first kappa shape index (κ1) is 71.5. The Hall–Kier alpha value is -6.75. The van der Waals surface area contributed by atoms with Gasteiger partial charge in [0.05, 0.1) is 5.41 Å². The fourth-order valence-corrected chi connectivity index (χ4v) is 12.5. The van der Waals surface area contributed by atoms with Gasteiger partial charge in [-0.15, -0.1) is 0 Å². The molecule has 0 radical (unpaired) electrons. The number of amides is 6. The first-order valence-corrected chi connectivity index (χ1v) is 28.9. The lowest BCUT2D eigenvalue weighted by molar-refractivity contribution is -0.140. The van der Waals surface area contributed by atoms with Crippen molar-refractivity contribution in [2.45, 2.75) is 172 Å². The highest BCUT2D eigenvalue weighted by Gasteiger charge is 2.46. The summed E-state index contributed by atoms with van der Waals surface area (Å²) in [4.78, 5) is 114. The minimum absolute atomic E-state index is 0.128. The Labute approximate surface area is 496 Å². The van der Waals surface area contributed by atoms with Crippen LogP contribution in [0, 0.1) is 37.9 Å². The van der Waals surface area contributed by atoms with Crippen molar-refractivity contribution < 1.29 is 85.8 Å². The first-order valence-electron chi connectivity index (χ1n) is 28.9. The Balaban J connectivity index is 1.73. The van der Waals surface area contributed by atoms with Crippen LogP contribution in [0.25, 0.3) is 0 Å². The maximum atomic E-state index is 13.8. The van der Waals surface area contributed by atoms with E-state index in [-0.39, 0.29) is 137 Å². The van der Waals surface area contributed by atoms with Gasteiger partial charge in [0.1, 0.15) is 59.5 Å². The van der Waals surface area contributed by atoms with E-state index < -0.39 is 76.1 Å². The average molecular weight is 1190 g/mol. The lowest BCUT2D eigenvalue weighted by Crippen LogP contribution is -2.52. The summed E-state index contributed by atoms with van der Waals surface area (Å²) in [5.74, 6) is -1.76. The molecule has 6 amide bonds. The van der Waals surface area contributed by atoms with Crippen molar-refractivity contribution in [3.8, 4) is 0 Å². The maximum absolute atomic E-state index is 13.8. The zero-order chi connectivity index (χ0) is 63.3. The van der Waals surface area contributed by atoms with Crippen molar-refractivity contribution in [1.82, 2.24) is 31.9 Å². The Morgan fingerprint density at radius 1 is 0.381 bits per heavy atom. The van der Waals surface area contributed by atoms with Gasteiger partial charge in [0.25, 0.3) is 0 Å². The van der Waals surface area contributed by atoms with Crippen molar-refractivity contribution in [3.05, 3.63) is 36.5 Å². The highest BCUT2D eigenvalue weighted by Crippen LogP contribution is 2.48. The van der Waals surface area contributed by atoms with E-state index in [0.29, 0.717) is 57.8 Å². The second-order valence-corrected chi connectivity index (χ2v) is 27.0. The average Bonchev–Trinajstić information content (AvgIpc) is 3.36. The summed E-state index contributed by atoms with van der Waals surface area (Å²) in [6.07, 6.45) is 1.29. The molecule has 0 aliphatic heterocycles. The summed E-state index contributed by atoms with van der Waals surface area (Å²) in [7, 11) is 0. The monoisotopic (exact) mass is 1190 g/mol. The van der Waals surface area contributed by atoms with Crippen molar-refractivity contribution in [1.29, 1.82) is 0 Å². The molecule has 0 bridgehead atoms. The van der Waals surface area contributed by atoms with Crippen LogP contribution >= 0.6 is 0 Å². The molecule has 0 spiro atoms. The molecule has 6 unspecified atom stereocenters. The van der Waals surface area contributed by atoms with Gasteiger partial charge < -0.3 is 74.5 Å². The molecule has 6 N–H and O–H groups in total. The number of esters is 3. The largest absolute Gasteiger partial charge is 0.459 e. The summed E-state index contributed by atoms with van der Waals surface area (Å²) >= 11 is 0. The van der Waals surface area contributed by atoms with E-state index in [2.05, 4.69) is 93.2 Å². The third-order valence-corrected chi connectivity index (χ3v) is 15.2. The van der Waals surface area contributed by atoms with Gasteiger partial charge in [-0.3, -0.25) is 0 Å². The zero-order valence-electron chi connectivity index (χ0n) is 52.3. The summed E-state index contributed by atoms with van der Waals surface area (Å²) in [6.45, 7) is 34.3. The number of carbonyl (C=O) groups is 9. The molecular weight excluding hydrogens is 1090 g/mol. The van der Waals surface area contributed by atoms with Crippen molar-refractivity contribution in [2.75, 3.05) is 79.1 Å². The van der Waals surface area contributed by atoms with Crippen molar-refractivity contribution >= 4 is 54.5 Å². The second kappa shape index (κ2) is 31.4. The Morgan fingerprint density at radius 3 is 0.845 bits per heavy atom. The van der Waals surface area contributed by atoms with Crippen LogP contribution in [0.3, 0.4) is 0 Å². The summed E-state index contributed by atoms with van der Waals surface area (Å²) in [5.41, 5.74) is -2.79. The number of ether oxygens (including phenoxy) is 9. The predicted molar refractivity (Wildman–Crippen MR) is 310 cm³/mol. The standard InChI is InChI=1S/C60H98N6O18/c1-17-60(36-82-51(73)64-42-24-54(8,9)30-57(14,27-42)33-61-48(70)79-21-18-76-45(67)39(2)3,37-83-52(74)65-43-25-55(10,11)31-58(15,28-43)34-62-49(71)80-22-19-77-46(68)40(4)5)38-84-53(75)66-44-26-56(12,13)32-59(16,29-44)35-63-50(72)81-23-20-78-47(69)41(6)7/h42-44H,2,4,6,17-38H2,1,3,5,7-16H3,(H,61,70)(H,62,71)(H,63,72)(H,64,73)(H,65,74)(H,66,75). The number of carbonyl (C=O) groups excluding carboxylic acids is 9. The number of rotatable bonds is 28. The fourth-order valence-electron chi connectivity index (χ4n) is 12.5. The summed E-state index contributed by atoms with van der Waals surface area (Å²) in [5, 5.41) is 17.4. The molecule has 3 rings (SSSR count). The van der Waals surface area contributed by atoms with Crippen LogP contribution < -0.4 is 31.9 Å². The minimum Gasteiger partial charge on any atom is -0.459 e. The number of hydrogen-bond acceptors (Lipinski definition) is 18. The third kappa shape index (κ3) is 26.4. The van der Waals surface area contributed by atoms with Gasteiger partial charge in [-0.2, -0.15) is 0 Å². The molecule has 24 heteroatoms. The van der Waals surface area contributed by atoms with Crippen LogP contribution in [0.1, 0.15) is 154 Å². The van der Waals surface area contributed by atoms with E-state index in [0.717, 1.165) is 0 Å². The molecule has 3 aliphatic carbocycles. The van der Waals surface area contributed by atoms with Crippen LogP contribution in [0.2, 0.25) is 0 Å². The maximum Gasteiger partial charge on any atom is 0.407 e. The predicted octanol–water partition coefficient (Wildman–Crippen LogP) is 8.85. The highest BCUT2D eigenvalue weighted by atomic mass is 16.6. The summed E-state index contributed by atoms with van der Waals surface area (Å²) in [6, 6.07) is -1.13. The summed E-state index contributed by atoms with van der Waals surface area (Å²) < 4.78 is 48.4. The van der Waals surface area contributed by atoms with Gasteiger partial charge in [0, 0.05) is 54.5 Å². The number of nitrogens with one attached hydrogen (secondary N) is 6. The molecule has 0 heterocycles. The van der Waals surface area contributed by atoms with E-state index >= 15 is 0 Å². The molecule has 0 aromatic heterocycles. The molecule has 84 heavy (non-hydrogen) atoms. The van der Waals surface area contributed by atoms with Gasteiger partial charge in [0.2, 0.25) is 0 Å². The van der Waals surface area contributed by atoms with Crippen molar-refractivity contribution in [3.63, 3.8) is 0 Å². The Bertz CT molecular complexity index is 2120. The lowest BCUT2D eigenvalue weighted by Gasteiger charge is -2.46. The number of alkyl carbamates (subject to hydrolysis) is 6. The van der Waals surface area contributed by atoms with Crippen LogP contribution in [-0.4, -0.2) is 152 Å². The molecule has 0 aromatic rings. The molecule has 3 saturated carbocycles. The Morgan fingerprint density at radius 2 is 0.619 bits per heavy atom. The van der Waals surface area contributed by atoms with Gasteiger partial charge in [-0.05, 0) is 117 Å². The molecule has 24 nitrogen and oxygen atoms in total. The number of hydrogen-bond donors (Lipinski definition) is 6. The smallest absolute Gasteiger partial charge is 0.407 e. The highest BCUT2D eigenvalue weighted by molar-refractivity contribution is 5.87. The Kier molecular flexibility index (Phi) is 26.7.